The number of carbonyl (C=O) groups is 1. The first-order valence-corrected chi connectivity index (χ1v) is 13.0. The second-order valence-corrected chi connectivity index (χ2v) is 9.76. The Hall–Kier alpha value is 0.176. The van der Waals surface area contributed by atoms with Crippen LogP contribution in [0.4, 0.5) is 0 Å². The van der Waals surface area contributed by atoms with Crippen LogP contribution in [0.1, 0.15) is 103 Å². The van der Waals surface area contributed by atoms with Crippen LogP contribution in [0.3, 0.4) is 0 Å². The van der Waals surface area contributed by atoms with E-state index in [1.54, 1.807) is 0 Å². The maximum Gasteiger partial charge on any atom is 1.00 e. The first-order chi connectivity index (χ1) is 14.4. The largest absolute Gasteiger partial charge is 1.00 e. The molecule has 0 bridgehead atoms. The van der Waals surface area contributed by atoms with Crippen molar-refractivity contribution in [1.29, 1.82) is 0 Å². The number of unbranched alkanes of at least 4 members (excludes halogenated alkanes) is 11. The molecule has 7 nitrogen and oxygen atoms in total. The second-order valence-electron chi connectivity index (χ2n) is 8.24. The first-order valence-electron chi connectivity index (χ1n) is 11.4. The van der Waals surface area contributed by atoms with E-state index in [9.17, 15) is 17.8 Å². The Morgan fingerprint density at radius 2 is 1.35 bits per heavy atom. The van der Waals surface area contributed by atoms with Crippen LogP contribution in [-0.4, -0.2) is 36.8 Å². The van der Waals surface area contributed by atoms with E-state index < -0.39 is 15.9 Å². The second kappa shape index (κ2) is 18.6. The number of carbonyl (C=O) groups excluding carboxylic acids is 1. The summed E-state index contributed by atoms with van der Waals surface area (Å²) in [5.41, 5.74) is -0.0743. The summed E-state index contributed by atoms with van der Waals surface area (Å²) in [6.45, 7) is -0.0945. The number of terminal acetylenes is 1. The summed E-state index contributed by atoms with van der Waals surface area (Å²) in [7, 11) is -4.25. The fourth-order valence-corrected chi connectivity index (χ4v) is 3.91. The average molecular weight is 480 g/mol. The van der Waals surface area contributed by atoms with Gasteiger partial charge in [0.25, 0.3) is 0 Å². The predicted octanol–water partition coefficient (Wildman–Crippen LogP) is 1.69. The molecule has 1 aliphatic heterocycles. The smallest absolute Gasteiger partial charge is 0.748 e. The van der Waals surface area contributed by atoms with Gasteiger partial charge in [0.2, 0.25) is 5.91 Å². The van der Waals surface area contributed by atoms with E-state index >= 15 is 0 Å². The zero-order chi connectivity index (χ0) is 22.1. The van der Waals surface area contributed by atoms with Gasteiger partial charge in [-0.1, -0.05) is 57.8 Å². The normalized spacial score (nSPS) is 13.9. The van der Waals surface area contributed by atoms with Gasteiger partial charge in [0.15, 0.2) is 5.66 Å². The van der Waals surface area contributed by atoms with Gasteiger partial charge in [-0.05, 0) is 32.1 Å². The molecule has 9 heteroatoms. The molecule has 1 rings (SSSR count). The third-order valence-corrected chi connectivity index (χ3v) is 6.14. The molecule has 172 valence electrons. The van der Waals surface area contributed by atoms with Crippen molar-refractivity contribution in [2.75, 3.05) is 12.3 Å². The molecule has 0 atom stereocenters. The quantitative estimate of drug-likeness (QED) is 0.124. The van der Waals surface area contributed by atoms with Gasteiger partial charge in [0, 0.05) is 19.4 Å². The molecule has 0 radical (unpaired) electrons. The summed E-state index contributed by atoms with van der Waals surface area (Å²) in [6, 6.07) is 0. The number of rotatable bonds is 20. The van der Waals surface area contributed by atoms with Crippen LogP contribution in [0.15, 0.2) is 10.2 Å². The fraction of sp³-hybridized carbons (Fsp3) is 0.864. The third kappa shape index (κ3) is 19.4. The van der Waals surface area contributed by atoms with Crippen LogP contribution < -0.4 is 56.7 Å². The molecule has 31 heavy (non-hydrogen) atoms. The molecule has 0 fully saturated rings. The Balaban J connectivity index is 0.00000900. The van der Waals surface area contributed by atoms with Gasteiger partial charge in [-0.15, -0.1) is 12.3 Å². The zero-order valence-corrected chi connectivity index (χ0v) is 23.2. The molecule has 0 aromatic rings. The van der Waals surface area contributed by atoms with Gasteiger partial charge in [0.05, 0.1) is 15.9 Å². The van der Waals surface area contributed by atoms with E-state index in [0.717, 1.165) is 44.9 Å². The molecule has 0 spiro atoms. The van der Waals surface area contributed by atoms with E-state index in [4.69, 9.17) is 6.42 Å². The van der Waals surface area contributed by atoms with Crippen molar-refractivity contribution in [2.45, 2.75) is 108 Å². The average Bonchev–Trinajstić information content (AvgIpc) is 3.44. The number of hydrogen-bond donors (Lipinski definition) is 1. The molecule has 0 saturated carbocycles. The third-order valence-electron chi connectivity index (χ3n) is 5.44. The summed E-state index contributed by atoms with van der Waals surface area (Å²) in [5, 5.41) is 10.9. The minimum atomic E-state index is -4.25. The molecule has 1 N–H and O–H groups in total. The Kier molecular flexibility index (Phi) is 18.7. The molecule has 0 saturated heterocycles. The standard InChI is InChI=1S/C22H39N3O4S.K/c1-2-3-14-17-22(24-25-22)18-15-12-10-8-6-4-5-7-9-11-13-16-21(26)23-19-20-30(27,28)29;/h1H,3-20H2,(H,23,26)(H,27,28,29);/q;+1/p-1. The summed E-state index contributed by atoms with van der Waals surface area (Å²) in [5.74, 6) is 1.95. The predicted molar refractivity (Wildman–Crippen MR) is 118 cm³/mol. The van der Waals surface area contributed by atoms with Gasteiger partial charge in [0.1, 0.15) is 0 Å². The van der Waals surface area contributed by atoms with Crippen LogP contribution in [0.25, 0.3) is 0 Å². The fourth-order valence-electron chi connectivity index (χ4n) is 3.56. The Bertz CT molecular complexity index is 656. The van der Waals surface area contributed by atoms with Crippen LogP contribution in [-0.2, 0) is 14.9 Å². The Morgan fingerprint density at radius 3 is 1.84 bits per heavy atom. The number of amides is 1. The molecule has 0 aliphatic carbocycles. The van der Waals surface area contributed by atoms with Crippen LogP contribution in [0.2, 0.25) is 0 Å². The summed E-state index contributed by atoms with van der Waals surface area (Å²) in [6.07, 6.45) is 22.5. The zero-order valence-electron chi connectivity index (χ0n) is 19.2. The van der Waals surface area contributed by atoms with E-state index in [-0.39, 0.29) is 69.5 Å². The van der Waals surface area contributed by atoms with Crippen LogP contribution in [0.5, 0.6) is 0 Å². The minimum Gasteiger partial charge on any atom is -0.748 e. The van der Waals surface area contributed by atoms with E-state index in [2.05, 4.69) is 21.5 Å². The van der Waals surface area contributed by atoms with Gasteiger partial charge in [-0.3, -0.25) is 4.79 Å². The summed E-state index contributed by atoms with van der Waals surface area (Å²) < 4.78 is 31.3. The number of nitrogens with zero attached hydrogens (tertiary/aromatic N) is 2. The topological polar surface area (TPSA) is 111 Å². The van der Waals surface area contributed by atoms with Crippen molar-refractivity contribution in [3.05, 3.63) is 0 Å². The maximum atomic E-state index is 11.5. The number of nitrogens with one attached hydrogen (secondary N) is 1. The van der Waals surface area contributed by atoms with Crippen molar-refractivity contribution in [2.24, 2.45) is 10.2 Å². The van der Waals surface area contributed by atoms with E-state index in [0.29, 0.717) is 6.42 Å². The van der Waals surface area contributed by atoms with E-state index in [1.165, 1.54) is 51.4 Å². The van der Waals surface area contributed by atoms with Gasteiger partial charge >= 0.3 is 51.4 Å². The molecule has 0 aromatic carbocycles. The molecule has 1 amide bonds. The molecule has 0 unspecified atom stereocenters. The first kappa shape index (κ1) is 31.2. The molecule has 1 heterocycles. The molecular weight excluding hydrogens is 441 g/mol. The van der Waals surface area contributed by atoms with Crippen molar-refractivity contribution < 1.29 is 69.1 Å². The van der Waals surface area contributed by atoms with Crippen LogP contribution >= 0.6 is 0 Å². The van der Waals surface area contributed by atoms with Gasteiger partial charge < -0.3 is 9.87 Å². The number of hydrogen-bond acceptors (Lipinski definition) is 6. The summed E-state index contributed by atoms with van der Waals surface area (Å²) in [4.78, 5) is 11.5. The molecule has 0 aromatic heterocycles. The maximum absolute atomic E-state index is 11.5. The Labute approximate surface area is 231 Å². The van der Waals surface area contributed by atoms with Crippen molar-refractivity contribution in [3.8, 4) is 12.3 Å². The van der Waals surface area contributed by atoms with Gasteiger partial charge in [-0.2, -0.15) is 10.2 Å². The Morgan fingerprint density at radius 1 is 0.871 bits per heavy atom. The van der Waals surface area contributed by atoms with Gasteiger partial charge in [-0.25, -0.2) is 8.42 Å². The van der Waals surface area contributed by atoms with Crippen molar-refractivity contribution in [3.63, 3.8) is 0 Å². The van der Waals surface area contributed by atoms with Crippen LogP contribution in [0, 0.1) is 12.3 Å². The minimum absolute atomic E-state index is 0. The summed E-state index contributed by atoms with van der Waals surface area (Å²) >= 11 is 0. The molecule has 1 aliphatic rings. The monoisotopic (exact) mass is 479 g/mol. The van der Waals surface area contributed by atoms with Crippen molar-refractivity contribution in [1.82, 2.24) is 5.32 Å². The van der Waals surface area contributed by atoms with Crippen molar-refractivity contribution >= 4 is 16.0 Å². The van der Waals surface area contributed by atoms with E-state index in [1.807, 2.05) is 0 Å². The molecular formula is C22H38KN3O4S. The SMILES string of the molecule is C#CCCCC1(CCCCCCCCCCCCCC(=O)NCCS(=O)(=O)[O-])N=N1.[K+].